The molecular formula is C22H28N4O3. The van der Waals surface area contributed by atoms with Gasteiger partial charge in [-0.2, -0.15) is 0 Å². The Morgan fingerprint density at radius 3 is 2.72 bits per heavy atom. The molecule has 4 rings (SSSR count). The number of nitrogens with zero attached hydrogens (tertiary/aromatic N) is 4. The molecule has 154 valence electrons. The molecule has 0 N–H and O–H groups in total. The van der Waals surface area contributed by atoms with Gasteiger partial charge in [-0.3, -0.25) is 14.6 Å². The lowest BCUT2D eigenvalue weighted by molar-refractivity contribution is -0.139. The summed E-state index contributed by atoms with van der Waals surface area (Å²) in [5.41, 5.74) is 1.81. The number of likely N-dealkylation sites (N-methyl/N-ethyl adjacent to an activating group) is 1. The average Bonchev–Trinajstić information content (AvgIpc) is 2.87. The number of hydrogen-bond donors (Lipinski definition) is 0. The van der Waals surface area contributed by atoms with Gasteiger partial charge in [-0.15, -0.1) is 0 Å². The van der Waals surface area contributed by atoms with Crippen LogP contribution in [0.4, 0.5) is 5.69 Å². The number of carbonyl (C=O) groups excluding carboxylic acids is 2. The number of pyridine rings is 1. The fourth-order valence-corrected chi connectivity index (χ4v) is 4.26. The van der Waals surface area contributed by atoms with Crippen LogP contribution in [-0.2, 0) is 14.3 Å². The van der Waals surface area contributed by atoms with Gasteiger partial charge in [-0.25, -0.2) is 0 Å². The molecule has 0 saturated carbocycles. The Kier molecular flexibility index (Phi) is 5.41. The normalized spacial score (nSPS) is 19.4. The van der Waals surface area contributed by atoms with Crippen LogP contribution in [0.25, 0.3) is 10.9 Å². The van der Waals surface area contributed by atoms with Crippen molar-refractivity contribution in [1.82, 2.24) is 14.8 Å². The molecule has 29 heavy (non-hydrogen) atoms. The molecule has 2 aliphatic heterocycles. The minimum atomic E-state index is -0.377. The Labute approximate surface area is 171 Å². The number of ether oxygens (including phenoxy) is 1. The standard InChI is InChI=1S/C22H28N4O3/c1-24(2)21(28)15-26-16-22(29-14-8-20(26)27)9-12-25(13-10-22)19-7-11-23-18-6-4-3-5-17(18)19/h3-7,11H,8-10,12-16H2,1-2H3. The highest BCUT2D eigenvalue weighted by atomic mass is 16.5. The van der Waals surface area contributed by atoms with E-state index in [1.54, 1.807) is 19.0 Å². The molecule has 0 aliphatic carbocycles. The highest BCUT2D eigenvalue weighted by Gasteiger charge is 2.41. The quantitative estimate of drug-likeness (QED) is 0.793. The molecule has 0 unspecified atom stereocenters. The molecule has 2 fully saturated rings. The molecule has 0 bridgehead atoms. The van der Waals surface area contributed by atoms with Crippen molar-refractivity contribution in [3.05, 3.63) is 36.5 Å². The van der Waals surface area contributed by atoms with Crippen LogP contribution in [-0.4, -0.2) is 79.1 Å². The zero-order chi connectivity index (χ0) is 20.4. The zero-order valence-corrected chi connectivity index (χ0v) is 17.1. The number of para-hydroxylation sites is 1. The molecule has 2 amide bonds. The summed E-state index contributed by atoms with van der Waals surface area (Å²) in [4.78, 5) is 34.7. The van der Waals surface area contributed by atoms with E-state index >= 15 is 0 Å². The van der Waals surface area contributed by atoms with Gasteiger partial charge in [0.1, 0.15) is 0 Å². The van der Waals surface area contributed by atoms with Gasteiger partial charge in [0.2, 0.25) is 11.8 Å². The number of carbonyl (C=O) groups is 2. The summed E-state index contributed by atoms with van der Waals surface area (Å²) >= 11 is 0. The van der Waals surface area contributed by atoms with Gasteiger partial charge >= 0.3 is 0 Å². The van der Waals surface area contributed by atoms with Gasteiger partial charge in [-0.1, -0.05) is 18.2 Å². The van der Waals surface area contributed by atoms with E-state index in [1.807, 2.05) is 24.4 Å². The summed E-state index contributed by atoms with van der Waals surface area (Å²) in [6.45, 7) is 2.71. The number of piperidine rings is 1. The molecule has 7 heteroatoms. The van der Waals surface area contributed by atoms with Crippen LogP contribution in [0.2, 0.25) is 0 Å². The van der Waals surface area contributed by atoms with E-state index in [4.69, 9.17) is 4.74 Å². The fraction of sp³-hybridized carbons (Fsp3) is 0.500. The molecule has 1 aromatic heterocycles. The topological polar surface area (TPSA) is 66.0 Å². The number of benzene rings is 1. The molecule has 3 heterocycles. The number of amides is 2. The van der Waals surface area contributed by atoms with Crippen molar-refractivity contribution in [3.8, 4) is 0 Å². The van der Waals surface area contributed by atoms with Crippen LogP contribution in [0.1, 0.15) is 19.3 Å². The summed E-state index contributed by atoms with van der Waals surface area (Å²) in [5, 5.41) is 1.15. The molecule has 7 nitrogen and oxygen atoms in total. The third kappa shape index (κ3) is 4.05. The van der Waals surface area contributed by atoms with E-state index in [1.165, 1.54) is 10.6 Å². The number of aromatic nitrogens is 1. The fourth-order valence-electron chi connectivity index (χ4n) is 4.26. The maximum atomic E-state index is 12.5. The largest absolute Gasteiger partial charge is 0.372 e. The predicted octanol–water partition coefficient (Wildman–Crippen LogP) is 1.91. The molecule has 2 aromatic rings. The third-order valence-corrected chi connectivity index (χ3v) is 6.02. The smallest absolute Gasteiger partial charge is 0.241 e. The summed E-state index contributed by atoms with van der Waals surface area (Å²) < 4.78 is 6.22. The van der Waals surface area contributed by atoms with Crippen LogP contribution in [0.15, 0.2) is 36.5 Å². The minimum absolute atomic E-state index is 0.000340. The first kappa shape index (κ1) is 19.6. The second-order valence-corrected chi connectivity index (χ2v) is 8.15. The number of rotatable bonds is 3. The molecular weight excluding hydrogens is 368 g/mol. The second-order valence-electron chi connectivity index (χ2n) is 8.15. The van der Waals surface area contributed by atoms with Crippen molar-refractivity contribution in [2.75, 3.05) is 51.8 Å². The van der Waals surface area contributed by atoms with E-state index < -0.39 is 0 Å². The lowest BCUT2D eigenvalue weighted by Crippen LogP contribution is -2.53. The average molecular weight is 396 g/mol. The van der Waals surface area contributed by atoms with E-state index in [9.17, 15) is 9.59 Å². The Morgan fingerprint density at radius 1 is 1.21 bits per heavy atom. The first-order chi connectivity index (χ1) is 14.0. The van der Waals surface area contributed by atoms with Crippen molar-refractivity contribution >= 4 is 28.4 Å². The lowest BCUT2D eigenvalue weighted by atomic mass is 9.90. The van der Waals surface area contributed by atoms with Gasteiger partial charge in [0.15, 0.2) is 0 Å². The van der Waals surface area contributed by atoms with E-state index in [-0.39, 0.29) is 24.0 Å². The van der Waals surface area contributed by atoms with E-state index in [2.05, 4.69) is 22.0 Å². The zero-order valence-electron chi connectivity index (χ0n) is 17.1. The predicted molar refractivity (Wildman–Crippen MR) is 112 cm³/mol. The first-order valence-corrected chi connectivity index (χ1v) is 10.2. The lowest BCUT2D eigenvalue weighted by Gasteiger charge is -2.43. The maximum absolute atomic E-state index is 12.5. The van der Waals surface area contributed by atoms with E-state index in [0.717, 1.165) is 36.8 Å². The van der Waals surface area contributed by atoms with Crippen molar-refractivity contribution in [2.45, 2.75) is 24.9 Å². The molecule has 0 radical (unpaired) electrons. The van der Waals surface area contributed by atoms with E-state index in [0.29, 0.717) is 19.6 Å². The number of hydrogen-bond acceptors (Lipinski definition) is 5. The van der Waals surface area contributed by atoms with Crippen molar-refractivity contribution in [2.24, 2.45) is 0 Å². The van der Waals surface area contributed by atoms with Gasteiger partial charge in [-0.05, 0) is 25.0 Å². The molecule has 2 saturated heterocycles. The summed E-state index contributed by atoms with van der Waals surface area (Å²) in [7, 11) is 3.43. The Morgan fingerprint density at radius 2 is 1.97 bits per heavy atom. The van der Waals surface area contributed by atoms with Gasteiger partial charge < -0.3 is 19.4 Å². The SMILES string of the molecule is CN(C)C(=O)CN1CC2(CCN(c3ccnc4ccccc34)CC2)OCCC1=O. The summed E-state index contributed by atoms with van der Waals surface area (Å²) in [6.07, 6.45) is 3.84. The van der Waals surface area contributed by atoms with Crippen LogP contribution < -0.4 is 4.90 Å². The molecule has 1 aromatic carbocycles. The van der Waals surface area contributed by atoms with Gasteiger partial charge in [0.05, 0.1) is 37.2 Å². The van der Waals surface area contributed by atoms with Gasteiger partial charge in [0.25, 0.3) is 0 Å². The van der Waals surface area contributed by atoms with Crippen LogP contribution in [0.3, 0.4) is 0 Å². The Bertz CT molecular complexity index is 901. The summed E-state index contributed by atoms with van der Waals surface area (Å²) in [6, 6.07) is 10.3. The highest BCUT2D eigenvalue weighted by molar-refractivity contribution is 5.91. The van der Waals surface area contributed by atoms with Crippen LogP contribution in [0, 0.1) is 0 Å². The summed E-state index contributed by atoms with van der Waals surface area (Å²) in [5.74, 6) is -0.0595. The van der Waals surface area contributed by atoms with Gasteiger partial charge in [0, 0.05) is 44.5 Å². The number of fused-ring (bicyclic) bond motifs is 1. The van der Waals surface area contributed by atoms with Crippen molar-refractivity contribution < 1.29 is 14.3 Å². The highest BCUT2D eigenvalue weighted by Crippen LogP contribution is 2.34. The van der Waals surface area contributed by atoms with Crippen molar-refractivity contribution in [1.29, 1.82) is 0 Å². The molecule has 1 spiro atoms. The minimum Gasteiger partial charge on any atom is -0.372 e. The van der Waals surface area contributed by atoms with Crippen LogP contribution in [0.5, 0.6) is 0 Å². The monoisotopic (exact) mass is 396 g/mol. The first-order valence-electron chi connectivity index (χ1n) is 10.2. The number of anilines is 1. The molecule has 0 atom stereocenters. The molecule has 2 aliphatic rings. The van der Waals surface area contributed by atoms with Crippen LogP contribution >= 0.6 is 0 Å². The second kappa shape index (κ2) is 7.99. The Balaban J connectivity index is 1.49. The third-order valence-electron chi connectivity index (χ3n) is 6.02. The van der Waals surface area contributed by atoms with Crippen molar-refractivity contribution in [3.63, 3.8) is 0 Å². The Hall–Kier alpha value is -2.67. The maximum Gasteiger partial charge on any atom is 0.241 e.